The second kappa shape index (κ2) is 9.82. The average Bonchev–Trinajstić information content (AvgIpc) is 2.88. The van der Waals surface area contributed by atoms with Gasteiger partial charge in [0, 0.05) is 54.3 Å². The van der Waals surface area contributed by atoms with Gasteiger partial charge in [-0.1, -0.05) is 41.9 Å². The van der Waals surface area contributed by atoms with Crippen LogP contribution >= 0.6 is 11.6 Å². The molecule has 6 heteroatoms. The molecule has 3 aromatic carbocycles. The van der Waals surface area contributed by atoms with Crippen molar-refractivity contribution in [1.29, 1.82) is 0 Å². The lowest BCUT2D eigenvalue weighted by Gasteiger charge is -2.37. The highest BCUT2D eigenvalue weighted by atomic mass is 35.5. The van der Waals surface area contributed by atoms with E-state index in [2.05, 4.69) is 34.1 Å². The summed E-state index contributed by atoms with van der Waals surface area (Å²) in [5.74, 6) is 1.91. The maximum atomic E-state index is 11.6. The molecule has 5 rings (SSSR count). The van der Waals surface area contributed by atoms with Crippen molar-refractivity contribution in [3.63, 3.8) is 0 Å². The Morgan fingerprint density at radius 1 is 0.853 bits per heavy atom. The maximum absolute atomic E-state index is 11.6. The second-order valence-electron chi connectivity index (χ2n) is 8.69. The quantitative estimate of drug-likeness (QED) is 0.343. The van der Waals surface area contributed by atoms with Crippen molar-refractivity contribution in [2.75, 3.05) is 36.0 Å². The normalized spacial score (nSPS) is 13.9. The van der Waals surface area contributed by atoms with E-state index in [-0.39, 0.29) is 5.78 Å². The van der Waals surface area contributed by atoms with Crippen LogP contribution in [0.3, 0.4) is 0 Å². The van der Waals surface area contributed by atoms with E-state index in [0.717, 1.165) is 72.8 Å². The van der Waals surface area contributed by atoms with Crippen LogP contribution in [0.2, 0.25) is 5.02 Å². The molecule has 1 aliphatic rings. The number of carbonyl (C=O) groups is 1. The molecule has 0 atom stereocenters. The molecule has 0 N–H and O–H groups in total. The van der Waals surface area contributed by atoms with Gasteiger partial charge in [-0.25, -0.2) is 9.97 Å². The first-order chi connectivity index (χ1) is 16.6. The van der Waals surface area contributed by atoms with Crippen LogP contribution in [-0.4, -0.2) is 41.9 Å². The molecule has 0 radical (unpaired) electrons. The number of fused-ring (bicyclic) bond motifs is 1. The molecule has 2 heterocycles. The van der Waals surface area contributed by atoms with Crippen LogP contribution in [0.1, 0.15) is 28.7 Å². The number of ketones is 1. The zero-order valence-corrected chi connectivity index (χ0v) is 20.0. The molecule has 34 heavy (non-hydrogen) atoms. The molecule has 0 bridgehead atoms. The Hall–Kier alpha value is -3.44. The van der Waals surface area contributed by atoms with Gasteiger partial charge in [-0.2, -0.15) is 0 Å². The van der Waals surface area contributed by atoms with E-state index in [4.69, 9.17) is 21.6 Å². The minimum Gasteiger partial charge on any atom is -0.368 e. The summed E-state index contributed by atoms with van der Waals surface area (Å²) in [6.45, 7) is 5.06. The zero-order chi connectivity index (χ0) is 23.5. The van der Waals surface area contributed by atoms with Crippen molar-refractivity contribution in [2.45, 2.75) is 19.8 Å². The first-order valence-electron chi connectivity index (χ1n) is 11.7. The Bertz CT molecular complexity index is 1300. The van der Waals surface area contributed by atoms with Crippen LogP contribution in [0, 0.1) is 0 Å². The highest BCUT2D eigenvalue weighted by Crippen LogP contribution is 2.29. The van der Waals surface area contributed by atoms with Crippen molar-refractivity contribution in [3.05, 3.63) is 94.8 Å². The molecular formula is C28H27ClN4O. The summed E-state index contributed by atoms with van der Waals surface area (Å²) in [6, 6.07) is 24.2. The van der Waals surface area contributed by atoms with Crippen LogP contribution in [0.25, 0.3) is 10.9 Å². The fraction of sp³-hybridized carbons (Fsp3) is 0.250. The molecule has 1 aliphatic heterocycles. The predicted octanol–water partition coefficient (Wildman–Crippen LogP) is 5.60. The number of piperazine rings is 1. The summed E-state index contributed by atoms with van der Waals surface area (Å²) in [4.78, 5) is 26.1. The number of anilines is 2. The molecule has 1 fully saturated rings. The van der Waals surface area contributed by atoms with Gasteiger partial charge in [-0.05, 0) is 61.4 Å². The molecule has 1 aromatic heterocycles. The Morgan fingerprint density at radius 2 is 1.56 bits per heavy atom. The average molecular weight is 471 g/mol. The third-order valence-electron chi connectivity index (χ3n) is 6.38. The van der Waals surface area contributed by atoms with Crippen molar-refractivity contribution in [1.82, 2.24) is 9.97 Å². The van der Waals surface area contributed by atoms with Crippen LogP contribution in [0.5, 0.6) is 0 Å². The number of hydrogen-bond acceptors (Lipinski definition) is 5. The minimum atomic E-state index is 0.0914. The summed E-state index contributed by atoms with van der Waals surface area (Å²) in [5.41, 5.74) is 4.10. The van der Waals surface area contributed by atoms with Gasteiger partial charge in [-0.3, -0.25) is 4.79 Å². The van der Waals surface area contributed by atoms with E-state index < -0.39 is 0 Å². The van der Waals surface area contributed by atoms with Crippen LogP contribution in [-0.2, 0) is 12.8 Å². The lowest BCUT2D eigenvalue weighted by atomic mass is 10.1. The fourth-order valence-corrected chi connectivity index (χ4v) is 4.64. The first-order valence-corrected chi connectivity index (χ1v) is 12.1. The van der Waals surface area contributed by atoms with Crippen molar-refractivity contribution in [3.8, 4) is 0 Å². The number of rotatable bonds is 6. The number of hydrogen-bond donors (Lipinski definition) is 0. The Kier molecular flexibility index (Phi) is 6.45. The van der Waals surface area contributed by atoms with Gasteiger partial charge in [0.1, 0.15) is 11.6 Å². The molecule has 5 nitrogen and oxygen atoms in total. The smallest absolute Gasteiger partial charge is 0.159 e. The molecule has 0 aliphatic carbocycles. The SMILES string of the molecule is CC(=O)c1ccc(N2CCN(c3nc(CCc4ccccc4)nc4ccc(Cl)cc34)CC2)cc1. The van der Waals surface area contributed by atoms with E-state index in [9.17, 15) is 4.79 Å². The van der Waals surface area contributed by atoms with Crippen molar-refractivity contribution >= 4 is 39.8 Å². The van der Waals surface area contributed by atoms with Gasteiger partial charge in [-0.15, -0.1) is 0 Å². The largest absolute Gasteiger partial charge is 0.368 e. The lowest BCUT2D eigenvalue weighted by Crippen LogP contribution is -2.47. The van der Waals surface area contributed by atoms with Gasteiger partial charge in [0.25, 0.3) is 0 Å². The van der Waals surface area contributed by atoms with Crippen LogP contribution < -0.4 is 9.80 Å². The molecule has 0 saturated carbocycles. The number of carbonyl (C=O) groups excluding carboxylic acids is 1. The van der Waals surface area contributed by atoms with E-state index in [1.807, 2.05) is 48.5 Å². The Labute approximate surface area is 205 Å². The zero-order valence-electron chi connectivity index (χ0n) is 19.2. The number of halogens is 1. The molecule has 0 unspecified atom stereocenters. The van der Waals surface area contributed by atoms with Crippen LogP contribution in [0.4, 0.5) is 11.5 Å². The first kappa shape index (κ1) is 22.4. The number of nitrogens with zero attached hydrogens (tertiary/aromatic N) is 4. The summed E-state index contributed by atoms with van der Waals surface area (Å²) in [7, 11) is 0. The Balaban J connectivity index is 1.36. The standard InChI is InChI=1S/C28H27ClN4O/c1-20(34)22-8-11-24(12-9-22)32-15-17-33(18-16-32)28-25-19-23(29)10-13-26(25)30-27(31-28)14-7-21-5-3-2-4-6-21/h2-6,8-13,19H,7,14-18H2,1H3. The molecule has 0 spiro atoms. The number of aryl methyl sites for hydroxylation is 2. The Morgan fingerprint density at radius 3 is 2.26 bits per heavy atom. The fourth-order valence-electron chi connectivity index (χ4n) is 4.47. The van der Waals surface area contributed by atoms with Gasteiger partial charge in [0.15, 0.2) is 5.78 Å². The van der Waals surface area contributed by atoms with E-state index >= 15 is 0 Å². The van der Waals surface area contributed by atoms with E-state index in [1.165, 1.54) is 5.56 Å². The van der Waals surface area contributed by atoms with E-state index in [1.54, 1.807) is 6.92 Å². The van der Waals surface area contributed by atoms with Crippen molar-refractivity contribution in [2.24, 2.45) is 0 Å². The van der Waals surface area contributed by atoms with Gasteiger partial charge in [0.05, 0.1) is 5.52 Å². The number of aromatic nitrogens is 2. The third kappa shape index (κ3) is 4.90. The summed E-state index contributed by atoms with van der Waals surface area (Å²) in [5, 5.41) is 1.69. The second-order valence-corrected chi connectivity index (χ2v) is 9.12. The maximum Gasteiger partial charge on any atom is 0.159 e. The number of benzene rings is 3. The molecular weight excluding hydrogens is 444 g/mol. The topological polar surface area (TPSA) is 49.3 Å². The number of Topliss-reactive ketones (excluding diaryl/α,β-unsaturated/α-hetero) is 1. The molecule has 1 saturated heterocycles. The van der Waals surface area contributed by atoms with Crippen molar-refractivity contribution < 1.29 is 4.79 Å². The summed E-state index contributed by atoms with van der Waals surface area (Å²) < 4.78 is 0. The summed E-state index contributed by atoms with van der Waals surface area (Å²) >= 11 is 6.34. The van der Waals surface area contributed by atoms with Crippen LogP contribution in [0.15, 0.2) is 72.8 Å². The highest BCUT2D eigenvalue weighted by Gasteiger charge is 2.21. The third-order valence-corrected chi connectivity index (χ3v) is 6.62. The monoisotopic (exact) mass is 470 g/mol. The van der Waals surface area contributed by atoms with Gasteiger partial charge < -0.3 is 9.80 Å². The van der Waals surface area contributed by atoms with Gasteiger partial charge >= 0.3 is 0 Å². The molecule has 0 amide bonds. The predicted molar refractivity (Wildman–Crippen MR) is 139 cm³/mol. The summed E-state index contributed by atoms with van der Waals surface area (Å²) in [6.07, 6.45) is 1.70. The molecule has 4 aromatic rings. The lowest BCUT2D eigenvalue weighted by molar-refractivity contribution is 0.101. The molecule has 172 valence electrons. The highest BCUT2D eigenvalue weighted by molar-refractivity contribution is 6.31. The van der Waals surface area contributed by atoms with Gasteiger partial charge in [0.2, 0.25) is 0 Å². The minimum absolute atomic E-state index is 0.0914. The van der Waals surface area contributed by atoms with E-state index in [0.29, 0.717) is 5.02 Å².